The van der Waals surface area contributed by atoms with Crippen LogP contribution in [0.25, 0.3) is 0 Å². The van der Waals surface area contributed by atoms with Crippen molar-refractivity contribution in [2.75, 3.05) is 19.1 Å². The molecule has 134 valence electrons. The fourth-order valence-corrected chi connectivity index (χ4v) is 3.61. The highest BCUT2D eigenvalue weighted by Crippen LogP contribution is 2.38. The molecule has 0 bridgehead atoms. The van der Waals surface area contributed by atoms with Crippen LogP contribution in [0.1, 0.15) is 16.1 Å². The Balaban J connectivity index is 2.10. The maximum atomic E-state index is 13.3. The van der Waals surface area contributed by atoms with Crippen molar-refractivity contribution in [3.63, 3.8) is 0 Å². The third-order valence-electron chi connectivity index (χ3n) is 3.70. The van der Waals surface area contributed by atoms with E-state index in [1.54, 1.807) is 17.0 Å². The number of amides is 1. The van der Waals surface area contributed by atoms with Gasteiger partial charge in [0.2, 0.25) is 0 Å². The fraction of sp³-hybridized carbons (Fsp3) is 0.158. The highest BCUT2D eigenvalue weighted by atomic mass is 35.5. The number of para-hydroxylation sites is 1. The van der Waals surface area contributed by atoms with Crippen molar-refractivity contribution in [1.29, 1.82) is 0 Å². The number of hydrogen-bond donors (Lipinski definition) is 0. The van der Waals surface area contributed by atoms with Crippen LogP contribution >= 0.6 is 22.9 Å². The molecule has 0 fully saturated rings. The molecule has 0 atom stereocenters. The second-order valence-electron chi connectivity index (χ2n) is 5.44. The minimum Gasteiger partial charge on any atom is -0.493 e. The van der Waals surface area contributed by atoms with Gasteiger partial charge in [-0.3, -0.25) is 9.69 Å². The molecule has 1 amide bonds. The molecule has 3 aromatic rings. The lowest BCUT2D eigenvalue weighted by molar-refractivity contribution is 0.0999. The van der Waals surface area contributed by atoms with E-state index in [2.05, 4.69) is 4.98 Å². The summed E-state index contributed by atoms with van der Waals surface area (Å²) in [5.74, 6) is 0.530. The van der Waals surface area contributed by atoms with E-state index in [0.717, 1.165) is 11.4 Å². The number of thiazole rings is 1. The number of anilines is 2. The topological polar surface area (TPSA) is 51.7 Å². The molecule has 0 aliphatic heterocycles. The van der Waals surface area contributed by atoms with Crippen molar-refractivity contribution in [3.8, 4) is 11.5 Å². The second-order valence-corrected chi connectivity index (χ2v) is 6.68. The van der Waals surface area contributed by atoms with Crippen molar-refractivity contribution < 1.29 is 14.3 Å². The third-order valence-corrected chi connectivity index (χ3v) is 4.92. The largest absolute Gasteiger partial charge is 0.493 e. The predicted octanol–water partition coefficient (Wildman–Crippen LogP) is 5.10. The SMILES string of the molecule is COc1cc(C(=O)N(c2ccccc2)c2nc(C)cs2)cc(Cl)c1OC. The minimum atomic E-state index is -0.256. The molecule has 0 aliphatic carbocycles. The summed E-state index contributed by atoms with van der Waals surface area (Å²) in [5, 5.41) is 2.79. The molecule has 1 heterocycles. The molecular formula is C19H17ClN2O3S. The Bertz CT molecular complexity index is 928. The zero-order valence-corrected chi connectivity index (χ0v) is 16.1. The Hall–Kier alpha value is -2.57. The fourth-order valence-electron chi connectivity index (χ4n) is 2.51. The predicted molar refractivity (Wildman–Crippen MR) is 104 cm³/mol. The monoisotopic (exact) mass is 388 g/mol. The molecule has 0 unspecified atom stereocenters. The molecule has 0 N–H and O–H groups in total. The van der Waals surface area contributed by atoms with Gasteiger partial charge in [-0.25, -0.2) is 4.98 Å². The van der Waals surface area contributed by atoms with Crippen LogP contribution in [0, 0.1) is 6.92 Å². The Morgan fingerprint density at radius 2 is 1.88 bits per heavy atom. The van der Waals surface area contributed by atoms with E-state index in [0.29, 0.717) is 27.2 Å². The molecule has 0 saturated carbocycles. The van der Waals surface area contributed by atoms with Gasteiger partial charge in [0.1, 0.15) is 0 Å². The van der Waals surface area contributed by atoms with Gasteiger partial charge in [0.25, 0.3) is 5.91 Å². The van der Waals surface area contributed by atoms with E-state index in [-0.39, 0.29) is 5.91 Å². The number of rotatable bonds is 5. The molecule has 0 aliphatic rings. The van der Waals surface area contributed by atoms with E-state index >= 15 is 0 Å². The minimum absolute atomic E-state index is 0.256. The van der Waals surface area contributed by atoms with Gasteiger partial charge >= 0.3 is 0 Å². The summed E-state index contributed by atoms with van der Waals surface area (Å²) in [5.41, 5.74) is 1.95. The smallest absolute Gasteiger partial charge is 0.264 e. The van der Waals surface area contributed by atoms with E-state index in [1.807, 2.05) is 42.6 Å². The Morgan fingerprint density at radius 1 is 1.15 bits per heavy atom. The lowest BCUT2D eigenvalue weighted by Crippen LogP contribution is -2.26. The average Bonchev–Trinajstić information content (AvgIpc) is 3.07. The first-order chi connectivity index (χ1) is 12.5. The first-order valence-corrected chi connectivity index (χ1v) is 9.04. The van der Waals surface area contributed by atoms with Crippen LogP contribution in [-0.2, 0) is 0 Å². The van der Waals surface area contributed by atoms with Crippen molar-refractivity contribution in [1.82, 2.24) is 4.98 Å². The highest BCUT2D eigenvalue weighted by Gasteiger charge is 2.24. The summed E-state index contributed by atoms with van der Waals surface area (Å²) >= 11 is 7.67. The van der Waals surface area contributed by atoms with Crippen molar-refractivity contribution >= 4 is 39.7 Å². The van der Waals surface area contributed by atoms with Gasteiger partial charge in [-0.2, -0.15) is 0 Å². The highest BCUT2D eigenvalue weighted by molar-refractivity contribution is 7.14. The van der Waals surface area contributed by atoms with Crippen molar-refractivity contribution in [2.45, 2.75) is 6.92 Å². The van der Waals surface area contributed by atoms with Crippen LogP contribution in [0.4, 0.5) is 10.8 Å². The molecule has 0 saturated heterocycles. The lowest BCUT2D eigenvalue weighted by Gasteiger charge is -2.21. The molecule has 26 heavy (non-hydrogen) atoms. The van der Waals surface area contributed by atoms with Gasteiger partial charge < -0.3 is 9.47 Å². The van der Waals surface area contributed by atoms with E-state index in [9.17, 15) is 4.79 Å². The normalized spacial score (nSPS) is 10.5. The maximum Gasteiger partial charge on any atom is 0.264 e. The summed E-state index contributed by atoms with van der Waals surface area (Å²) in [6, 6.07) is 12.5. The summed E-state index contributed by atoms with van der Waals surface area (Å²) < 4.78 is 10.6. The number of hydrogen-bond acceptors (Lipinski definition) is 5. The summed E-state index contributed by atoms with van der Waals surface area (Å²) in [7, 11) is 3.00. The second kappa shape index (κ2) is 7.76. The zero-order chi connectivity index (χ0) is 18.7. The van der Waals surface area contributed by atoms with Crippen LogP contribution in [0.5, 0.6) is 11.5 Å². The average molecular weight is 389 g/mol. The zero-order valence-electron chi connectivity index (χ0n) is 14.5. The quantitative estimate of drug-likeness (QED) is 0.610. The van der Waals surface area contributed by atoms with Gasteiger partial charge in [0.05, 0.1) is 30.6 Å². The number of methoxy groups -OCH3 is 2. The van der Waals surface area contributed by atoms with E-state index in [1.165, 1.54) is 25.6 Å². The molecule has 0 spiro atoms. The molecular weight excluding hydrogens is 372 g/mol. The number of aryl methyl sites for hydroxylation is 1. The van der Waals surface area contributed by atoms with E-state index < -0.39 is 0 Å². The first kappa shape index (κ1) is 18.2. The number of ether oxygens (including phenoxy) is 2. The van der Waals surface area contributed by atoms with E-state index in [4.69, 9.17) is 21.1 Å². The van der Waals surface area contributed by atoms with Crippen LogP contribution in [0.15, 0.2) is 47.8 Å². The molecule has 7 heteroatoms. The Kier molecular flexibility index (Phi) is 5.44. The van der Waals surface area contributed by atoms with Crippen LogP contribution in [0.3, 0.4) is 0 Å². The number of aromatic nitrogens is 1. The van der Waals surface area contributed by atoms with Gasteiger partial charge in [0, 0.05) is 10.9 Å². The van der Waals surface area contributed by atoms with Crippen molar-refractivity contribution in [3.05, 3.63) is 64.1 Å². The molecule has 1 aromatic heterocycles. The summed E-state index contributed by atoms with van der Waals surface area (Å²) in [4.78, 5) is 19.3. The number of carbonyl (C=O) groups is 1. The standard InChI is InChI=1S/C19H17ClN2O3S/c1-12-11-26-19(21-12)22(14-7-5-4-6-8-14)18(23)13-9-15(20)17(25-3)16(10-13)24-2/h4-11H,1-3H3. The summed E-state index contributed by atoms with van der Waals surface area (Å²) in [6.45, 7) is 1.89. The van der Waals surface area contributed by atoms with Crippen LogP contribution < -0.4 is 14.4 Å². The van der Waals surface area contributed by atoms with Gasteiger partial charge in [-0.15, -0.1) is 11.3 Å². The summed E-state index contributed by atoms with van der Waals surface area (Å²) in [6.07, 6.45) is 0. The Morgan fingerprint density at radius 3 is 2.46 bits per heavy atom. The number of carbonyl (C=O) groups excluding carboxylic acids is 1. The number of nitrogens with zero attached hydrogens (tertiary/aromatic N) is 2. The van der Waals surface area contributed by atoms with Gasteiger partial charge in [0.15, 0.2) is 16.6 Å². The molecule has 0 radical (unpaired) electrons. The third kappa shape index (κ3) is 3.52. The lowest BCUT2D eigenvalue weighted by atomic mass is 10.1. The molecule has 2 aromatic carbocycles. The number of benzene rings is 2. The number of halogens is 1. The molecule has 3 rings (SSSR count). The van der Waals surface area contributed by atoms with Crippen LogP contribution in [0.2, 0.25) is 5.02 Å². The first-order valence-electron chi connectivity index (χ1n) is 7.78. The van der Waals surface area contributed by atoms with Gasteiger partial charge in [-0.1, -0.05) is 29.8 Å². The molecule has 5 nitrogen and oxygen atoms in total. The van der Waals surface area contributed by atoms with Crippen molar-refractivity contribution in [2.24, 2.45) is 0 Å². The van der Waals surface area contributed by atoms with Crippen LogP contribution in [-0.4, -0.2) is 25.1 Å². The van der Waals surface area contributed by atoms with Gasteiger partial charge in [-0.05, 0) is 31.2 Å². The Labute approximate surface area is 160 Å². The maximum absolute atomic E-state index is 13.3.